The van der Waals surface area contributed by atoms with Gasteiger partial charge in [0.1, 0.15) is 17.8 Å². The van der Waals surface area contributed by atoms with E-state index in [4.69, 9.17) is 9.15 Å². The maximum absolute atomic E-state index is 10.0. The van der Waals surface area contributed by atoms with Crippen molar-refractivity contribution in [1.29, 1.82) is 0 Å². The zero-order valence-corrected chi connectivity index (χ0v) is 16.8. The molecule has 0 aliphatic heterocycles. The molecule has 0 aliphatic carbocycles. The zero-order valence-electron chi connectivity index (χ0n) is 16.8. The fourth-order valence-corrected chi connectivity index (χ4v) is 3.45. The average Bonchev–Trinajstić information content (AvgIpc) is 3.15. The number of methoxy groups -OCH3 is 1. The third kappa shape index (κ3) is 3.74. The van der Waals surface area contributed by atoms with Crippen LogP contribution in [-0.4, -0.2) is 28.3 Å². The van der Waals surface area contributed by atoms with Gasteiger partial charge < -0.3 is 14.3 Å². The summed E-state index contributed by atoms with van der Waals surface area (Å²) in [6, 6.07) is 17.9. The monoisotopic (exact) mass is 388 g/mol. The van der Waals surface area contributed by atoms with E-state index in [1.54, 1.807) is 14.0 Å². The minimum absolute atomic E-state index is 0.0619. The van der Waals surface area contributed by atoms with Gasteiger partial charge in [-0.3, -0.25) is 0 Å². The first kappa shape index (κ1) is 19.2. The smallest absolute Gasteiger partial charge is 0.230 e. The van der Waals surface area contributed by atoms with Gasteiger partial charge in [-0.25, -0.2) is 9.97 Å². The number of aliphatic hydroxyl groups is 1. The van der Waals surface area contributed by atoms with E-state index in [1.807, 2.05) is 61.5 Å². The molecule has 148 valence electrons. The lowest BCUT2D eigenvalue weighted by molar-refractivity contribution is 0.135. The van der Waals surface area contributed by atoms with E-state index in [9.17, 15) is 5.11 Å². The van der Waals surface area contributed by atoms with Crippen LogP contribution < -0.4 is 4.74 Å². The van der Waals surface area contributed by atoms with Gasteiger partial charge in [-0.05, 0) is 37.0 Å². The minimum Gasteiger partial charge on any atom is -0.497 e. The molecule has 0 radical (unpaired) electrons. The van der Waals surface area contributed by atoms with Crippen LogP contribution in [0.25, 0.3) is 33.6 Å². The summed E-state index contributed by atoms with van der Waals surface area (Å²) in [6.45, 7) is 3.82. The first-order chi connectivity index (χ1) is 14.1. The molecule has 2 heterocycles. The average molecular weight is 388 g/mol. The molecule has 0 saturated heterocycles. The van der Waals surface area contributed by atoms with Gasteiger partial charge in [0.15, 0.2) is 0 Å². The summed E-state index contributed by atoms with van der Waals surface area (Å²) >= 11 is 0. The largest absolute Gasteiger partial charge is 0.497 e. The third-order valence-electron chi connectivity index (χ3n) is 5.32. The molecule has 0 spiro atoms. The van der Waals surface area contributed by atoms with Gasteiger partial charge in [-0.1, -0.05) is 49.4 Å². The molecule has 0 saturated carbocycles. The van der Waals surface area contributed by atoms with Gasteiger partial charge >= 0.3 is 0 Å². The number of nitrogens with zero attached hydrogens (tertiary/aromatic N) is 2. The molecule has 0 bridgehead atoms. The van der Waals surface area contributed by atoms with Gasteiger partial charge in [0.05, 0.1) is 24.3 Å². The Hall–Kier alpha value is -3.18. The standard InChI is InChI=1S/C24H24N2O3/c1-15(16(2)27)13-20-22-21(17-9-11-19(28-3)12-10-17)23(18-7-5-4-6-8-18)29-24(22)26-14-25-20/h4-12,14-16,27H,13H2,1-3H3. The summed E-state index contributed by atoms with van der Waals surface area (Å²) in [5.74, 6) is 1.62. The highest BCUT2D eigenvalue weighted by molar-refractivity contribution is 6.01. The lowest BCUT2D eigenvalue weighted by atomic mass is 9.94. The second-order valence-corrected chi connectivity index (χ2v) is 7.32. The van der Waals surface area contributed by atoms with Crippen LogP contribution in [0.3, 0.4) is 0 Å². The van der Waals surface area contributed by atoms with Crippen molar-refractivity contribution in [1.82, 2.24) is 9.97 Å². The highest BCUT2D eigenvalue weighted by Crippen LogP contribution is 2.42. The van der Waals surface area contributed by atoms with Crippen molar-refractivity contribution < 1.29 is 14.3 Å². The van der Waals surface area contributed by atoms with Crippen molar-refractivity contribution in [2.24, 2.45) is 5.92 Å². The molecular weight excluding hydrogens is 364 g/mol. The van der Waals surface area contributed by atoms with Crippen molar-refractivity contribution in [3.63, 3.8) is 0 Å². The van der Waals surface area contributed by atoms with Gasteiger partial charge in [-0.2, -0.15) is 0 Å². The minimum atomic E-state index is -0.426. The molecule has 2 unspecified atom stereocenters. The maximum Gasteiger partial charge on any atom is 0.230 e. The predicted molar refractivity (Wildman–Crippen MR) is 114 cm³/mol. The van der Waals surface area contributed by atoms with E-state index < -0.39 is 6.10 Å². The molecule has 0 amide bonds. The summed E-state index contributed by atoms with van der Waals surface area (Å²) in [7, 11) is 1.65. The van der Waals surface area contributed by atoms with Crippen molar-refractivity contribution in [2.75, 3.05) is 7.11 Å². The Balaban J connectivity index is 1.97. The summed E-state index contributed by atoms with van der Waals surface area (Å²) in [4.78, 5) is 8.94. The number of aliphatic hydroxyl groups excluding tert-OH is 1. The molecule has 4 rings (SSSR count). The topological polar surface area (TPSA) is 68.4 Å². The van der Waals surface area contributed by atoms with E-state index >= 15 is 0 Å². The molecule has 0 aliphatic rings. The number of aromatic nitrogens is 2. The number of furan rings is 1. The van der Waals surface area contributed by atoms with Crippen molar-refractivity contribution in [3.05, 3.63) is 66.6 Å². The fraction of sp³-hybridized carbons (Fsp3) is 0.250. The van der Waals surface area contributed by atoms with Crippen LogP contribution in [0.4, 0.5) is 0 Å². The van der Waals surface area contributed by atoms with Crippen molar-refractivity contribution >= 4 is 11.1 Å². The SMILES string of the molecule is COc1ccc(-c2c(-c3ccccc3)oc3ncnc(CC(C)C(C)O)c23)cc1. The van der Waals surface area contributed by atoms with Crippen LogP contribution in [0.1, 0.15) is 19.5 Å². The number of fused-ring (bicyclic) bond motifs is 1. The molecule has 29 heavy (non-hydrogen) atoms. The summed E-state index contributed by atoms with van der Waals surface area (Å²) in [5, 5.41) is 10.9. The zero-order chi connectivity index (χ0) is 20.4. The molecule has 2 aromatic carbocycles. The number of hydrogen-bond donors (Lipinski definition) is 1. The highest BCUT2D eigenvalue weighted by atomic mass is 16.5. The van der Waals surface area contributed by atoms with Crippen LogP contribution in [0, 0.1) is 5.92 Å². The van der Waals surface area contributed by atoms with Gasteiger partial charge in [-0.15, -0.1) is 0 Å². The maximum atomic E-state index is 10.0. The molecule has 5 nitrogen and oxygen atoms in total. The number of ether oxygens (including phenoxy) is 1. The molecular formula is C24H24N2O3. The Kier molecular flexibility index (Phi) is 5.32. The first-order valence-corrected chi connectivity index (χ1v) is 9.72. The normalized spacial score (nSPS) is 13.4. The quantitative estimate of drug-likeness (QED) is 0.496. The Morgan fingerprint density at radius 2 is 1.69 bits per heavy atom. The van der Waals surface area contributed by atoms with Gasteiger partial charge in [0, 0.05) is 11.1 Å². The molecule has 2 atom stereocenters. The third-order valence-corrected chi connectivity index (χ3v) is 5.32. The lowest BCUT2D eigenvalue weighted by Crippen LogP contribution is -2.16. The number of benzene rings is 2. The predicted octanol–water partition coefficient (Wildman–Crippen LogP) is 5.12. The molecule has 1 N–H and O–H groups in total. The second-order valence-electron chi connectivity index (χ2n) is 7.32. The van der Waals surface area contributed by atoms with Crippen LogP contribution in [0.15, 0.2) is 65.3 Å². The fourth-order valence-electron chi connectivity index (χ4n) is 3.45. The van der Waals surface area contributed by atoms with E-state index in [1.165, 1.54) is 6.33 Å². The van der Waals surface area contributed by atoms with E-state index in [2.05, 4.69) is 9.97 Å². The van der Waals surface area contributed by atoms with Gasteiger partial charge in [0.25, 0.3) is 0 Å². The van der Waals surface area contributed by atoms with Crippen LogP contribution in [-0.2, 0) is 6.42 Å². The van der Waals surface area contributed by atoms with Crippen molar-refractivity contribution in [2.45, 2.75) is 26.4 Å². The number of rotatable bonds is 6. The summed E-state index contributed by atoms with van der Waals surface area (Å²) < 4.78 is 11.5. The molecule has 2 aromatic heterocycles. The Labute approximate surface area is 170 Å². The van der Waals surface area contributed by atoms with Crippen LogP contribution in [0.5, 0.6) is 5.75 Å². The van der Waals surface area contributed by atoms with E-state index in [0.29, 0.717) is 12.1 Å². The molecule has 0 fully saturated rings. The number of hydrogen-bond acceptors (Lipinski definition) is 5. The summed E-state index contributed by atoms with van der Waals surface area (Å²) in [6.07, 6.45) is 1.74. The van der Waals surface area contributed by atoms with E-state index in [0.717, 1.165) is 39.3 Å². The van der Waals surface area contributed by atoms with Crippen LogP contribution in [0.2, 0.25) is 0 Å². The Morgan fingerprint density at radius 3 is 2.34 bits per heavy atom. The van der Waals surface area contributed by atoms with Crippen molar-refractivity contribution in [3.8, 4) is 28.2 Å². The molecule has 4 aromatic rings. The summed E-state index contributed by atoms with van der Waals surface area (Å²) in [5.41, 5.74) is 4.37. The Bertz CT molecular complexity index is 1100. The lowest BCUT2D eigenvalue weighted by Gasteiger charge is -2.14. The Morgan fingerprint density at radius 1 is 0.966 bits per heavy atom. The van der Waals surface area contributed by atoms with Gasteiger partial charge in [0.2, 0.25) is 5.71 Å². The second kappa shape index (κ2) is 8.05. The van der Waals surface area contributed by atoms with E-state index in [-0.39, 0.29) is 5.92 Å². The molecule has 5 heteroatoms. The highest BCUT2D eigenvalue weighted by Gasteiger charge is 2.23. The first-order valence-electron chi connectivity index (χ1n) is 9.72. The van der Waals surface area contributed by atoms with Crippen LogP contribution >= 0.6 is 0 Å².